The monoisotopic (exact) mass is 964 g/mol. The highest BCUT2D eigenvalue weighted by atomic mass is 16.6. The lowest BCUT2D eigenvalue weighted by atomic mass is 9.48. The Morgan fingerprint density at radius 2 is 0.901 bits per heavy atom. The molecule has 2 unspecified atom stereocenters. The summed E-state index contributed by atoms with van der Waals surface area (Å²) in [6.07, 6.45) is 1.60. The average Bonchev–Trinajstić information content (AvgIpc) is 3.87. The van der Waals surface area contributed by atoms with Gasteiger partial charge in [0.15, 0.2) is 5.41 Å². The van der Waals surface area contributed by atoms with Gasteiger partial charge in [-0.25, -0.2) is 0 Å². The molecule has 2 atom stereocenters. The molecule has 2 N–H and O–H groups in total. The number of hydrogen-bond donors (Lipinski definition) is 1. The molecule has 14 rings (SSSR count). The van der Waals surface area contributed by atoms with E-state index in [-0.39, 0.29) is 37.3 Å². The molecule has 0 bridgehead atoms. The smallest absolute Gasteiger partial charge is 0.324 e. The molecule has 0 aromatic heterocycles. The highest BCUT2D eigenvalue weighted by molar-refractivity contribution is 6.25. The zero-order valence-corrected chi connectivity index (χ0v) is 40.6. The quantitative estimate of drug-likeness (QED) is 0.0294. The molecule has 1 saturated heterocycles. The Morgan fingerprint density at radius 1 is 0.507 bits per heavy atom. The minimum absolute atomic E-state index is 0.00636. The topological polar surface area (TPSA) is 156 Å². The van der Waals surface area contributed by atoms with Crippen LogP contribution in [0.5, 0.6) is 0 Å². The van der Waals surface area contributed by atoms with Crippen molar-refractivity contribution in [3.8, 4) is 33.4 Å². The van der Waals surface area contributed by atoms with Crippen LogP contribution in [0.25, 0.3) is 54.9 Å². The summed E-state index contributed by atoms with van der Waals surface area (Å²) >= 11 is 0. The lowest BCUT2D eigenvalue weighted by Crippen LogP contribution is -2.52. The van der Waals surface area contributed by atoms with Crippen LogP contribution < -0.4 is 5.73 Å². The van der Waals surface area contributed by atoms with Gasteiger partial charge in [-0.1, -0.05) is 36.4 Å². The minimum Gasteiger partial charge on any atom is -0.462 e. The number of hydrogen-bond acceptors (Lipinski definition) is 14. The molecule has 5 aromatic rings. The third-order valence-corrected chi connectivity index (χ3v) is 17.6. The normalized spacial score (nSPS) is 23.0. The van der Waals surface area contributed by atoms with E-state index >= 15 is 9.59 Å². The van der Waals surface area contributed by atoms with Crippen LogP contribution in [0.1, 0.15) is 67.5 Å². The summed E-state index contributed by atoms with van der Waals surface area (Å²) in [5, 5.41) is 5.53. The summed E-state index contributed by atoms with van der Waals surface area (Å²) in [5.41, 5.74) is 25.0. The van der Waals surface area contributed by atoms with Crippen LogP contribution >= 0.6 is 0 Å². The average molecular weight is 965 g/mol. The van der Waals surface area contributed by atoms with Crippen molar-refractivity contribution in [2.24, 2.45) is 11.1 Å². The Bertz CT molecular complexity index is 2930. The number of nitrogens with zero attached hydrogens (tertiary/aromatic N) is 1. The predicted octanol–water partition coefficient (Wildman–Crippen LogP) is 5.26. The second-order valence-electron chi connectivity index (χ2n) is 20.8. The Kier molecular flexibility index (Phi) is 10.6. The van der Waals surface area contributed by atoms with E-state index in [0.29, 0.717) is 85.8 Å². The van der Waals surface area contributed by atoms with Crippen molar-refractivity contribution in [1.82, 2.24) is 4.90 Å². The van der Waals surface area contributed by atoms with Crippen LogP contribution in [0, 0.1) is 5.41 Å². The van der Waals surface area contributed by atoms with Gasteiger partial charge in [0.1, 0.15) is 13.2 Å². The summed E-state index contributed by atoms with van der Waals surface area (Å²) in [5.74, 6) is -2.07. The summed E-state index contributed by atoms with van der Waals surface area (Å²) in [6.45, 7) is 8.94. The molecule has 14 heteroatoms. The standard InChI is InChI=1S/C57H60N2O12/c1-62-9-11-66-15-17-68-19-21-70-53(60)57(54(61)71-22-20-69-18-16-67-12-10-63-2)47-37-27-35-25-33-23-31-3-4-32-24-34-26-36-28-38(48(47)57)46-45(37)51-43(35)41(33)49-39(31)40(32)50-42(34)44(36)52(46)56(51)30-59(29-55(49,50)56)6-8-65-14-13-64-7-5-58/h3-4,23-24,27-28,47-48H,5-22,25-26,29-30,58H2,1-2H3. The lowest BCUT2D eigenvalue weighted by Gasteiger charge is -2.51. The molecule has 0 radical (unpaired) electrons. The molecular weight excluding hydrogens is 905 g/mol. The van der Waals surface area contributed by atoms with Crippen molar-refractivity contribution >= 4 is 33.5 Å². The molecule has 5 aromatic carbocycles. The van der Waals surface area contributed by atoms with Gasteiger partial charge >= 0.3 is 11.9 Å². The van der Waals surface area contributed by atoms with Gasteiger partial charge in [-0.05, 0) is 123 Å². The van der Waals surface area contributed by atoms with E-state index in [1.807, 2.05) is 0 Å². The van der Waals surface area contributed by atoms with Crippen molar-refractivity contribution in [2.75, 3.05) is 146 Å². The number of rotatable bonds is 28. The number of carbonyl (C=O) groups is 2. The van der Waals surface area contributed by atoms with E-state index in [1.54, 1.807) is 25.3 Å². The van der Waals surface area contributed by atoms with E-state index in [9.17, 15) is 0 Å². The maximum atomic E-state index is 15.2. The first-order valence-corrected chi connectivity index (χ1v) is 25.7. The van der Waals surface area contributed by atoms with Gasteiger partial charge in [0.2, 0.25) is 0 Å². The number of ether oxygens (including phenoxy) is 10. The number of likely N-dealkylation sites (tertiary alicyclic amines) is 1. The predicted molar refractivity (Wildman–Crippen MR) is 262 cm³/mol. The van der Waals surface area contributed by atoms with Crippen molar-refractivity contribution < 1.29 is 57.0 Å². The SMILES string of the molecule is COCCOCCOCCOC(=O)C1(C(=O)OCCOCCOCCOC)C2c3cc4c5c6c3-c3c(cc7c8c3C63CN(CCOCCOCCN)CC36c3c-5c(cc5ccc9cc(c-8c6c9c35)C7)C4)C21. The minimum atomic E-state index is -1.60. The van der Waals surface area contributed by atoms with Gasteiger partial charge in [-0.15, -0.1) is 0 Å². The highest BCUT2D eigenvalue weighted by Crippen LogP contribution is 2.85. The summed E-state index contributed by atoms with van der Waals surface area (Å²) < 4.78 is 57.3. The van der Waals surface area contributed by atoms with Gasteiger partial charge in [0.05, 0.1) is 103 Å². The molecular formula is C57H60N2O12. The number of benzene rings is 5. The molecule has 9 aliphatic rings. The number of fused-ring (bicyclic) bond motifs is 3. The molecule has 8 aliphatic carbocycles. The van der Waals surface area contributed by atoms with Crippen LogP contribution in [-0.4, -0.2) is 163 Å². The fourth-order valence-corrected chi connectivity index (χ4v) is 15.4. The number of carbonyl (C=O) groups excluding carboxylic acids is 2. The molecule has 14 nitrogen and oxygen atoms in total. The largest absolute Gasteiger partial charge is 0.462 e. The van der Waals surface area contributed by atoms with E-state index in [4.69, 9.17) is 53.1 Å². The summed E-state index contributed by atoms with van der Waals surface area (Å²) in [4.78, 5) is 33.1. The second-order valence-corrected chi connectivity index (χ2v) is 20.8. The number of esters is 2. The van der Waals surface area contributed by atoms with Gasteiger partial charge in [-0.3, -0.25) is 14.5 Å². The molecule has 0 amide bonds. The van der Waals surface area contributed by atoms with Crippen molar-refractivity contribution in [3.05, 3.63) is 92.0 Å². The van der Waals surface area contributed by atoms with Crippen LogP contribution in [0.3, 0.4) is 0 Å². The van der Waals surface area contributed by atoms with Crippen LogP contribution in [0.4, 0.5) is 0 Å². The van der Waals surface area contributed by atoms with Crippen LogP contribution in [-0.2, 0) is 80.6 Å². The fourth-order valence-electron chi connectivity index (χ4n) is 15.4. The zero-order valence-electron chi connectivity index (χ0n) is 40.6. The zero-order chi connectivity index (χ0) is 47.8. The first-order valence-electron chi connectivity index (χ1n) is 25.7. The number of methoxy groups -OCH3 is 2. The van der Waals surface area contributed by atoms with Gasteiger partial charge < -0.3 is 53.1 Å². The van der Waals surface area contributed by atoms with Crippen molar-refractivity contribution in [3.63, 3.8) is 0 Å². The number of nitrogens with two attached hydrogens (primary N) is 1. The van der Waals surface area contributed by atoms with Crippen LogP contribution in [0.2, 0.25) is 0 Å². The Morgan fingerprint density at radius 3 is 1.37 bits per heavy atom. The van der Waals surface area contributed by atoms with Crippen molar-refractivity contribution in [1.29, 1.82) is 0 Å². The molecule has 1 saturated carbocycles. The highest BCUT2D eigenvalue weighted by Gasteiger charge is 2.82. The first-order chi connectivity index (χ1) is 35.0. The molecule has 1 heterocycles. The second kappa shape index (κ2) is 16.9. The van der Waals surface area contributed by atoms with E-state index in [1.165, 1.54) is 88.3 Å². The maximum absolute atomic E-state index is 15.2. The molecule has 1 aliphatic heterocycles. The van der Waals surface area contributed by atoms with E-state index in [2.05, 4.69) is 41.3 Å². The first kappa shape index (κ1) is 44.8. The molecule has 370 valence electrons. The van der Waals surface area contributed by atoms with Crippen molar-refractivity contribution in [2.45, 2.75) is 35.5 Å². The molecule has 2 spiro atoms. The molecule has 71 heavy (non-hydrogen) atoms. The van der Waals surface area contributed by atoms with Gasteiger partial charge in [0.25, 0.3) is 0 Å². The van der Waals surface area contributed by atoms with E-state index < -0.39 is 29.2 Å². The Labute approximate surface area is 412 Å². The fraction of sp³-hybridized carbons (Fsp3) is 0.509. The molecule has 2 fully saturated rings. The summed E-state index contributed by atoms with van der Waals surface area (Å²) in [7, 11) is 3.27. The van der Waals surface area contributed by atoms with Gasteiger partial charge in [-0.2, -0.15) is 0 Å². The van der Waals surface area contributed by atoms with E-state index in [0.717, 1.165) is 43.6 Å². The Balaban J connectivity index is 0.883. The van der Waals surface area contributed by atoms with Gasteiger partial charge in [0, 0.05) is 52.2 Å². The third kappa shape index (κ3) is 5.77. The lowest BCUT2D eigenvalue weighted by molar-refractivity contribution is -0.167. The maximum Gasteiger partial charge on any atom is 0.324 e. The Hall–Kier alpha value is -4.84. The third-order valence-electron chi connectivity index (χ3n) is 17.6. The summed E-state index contributed by atoms with van der Waals surface area (Å²) in [6, 6.07) is 14.4. The van der Waals surface area contributed by atoms with Crippen LogP contribution in [0.15, 0.2) is 36.4 Å².